The van der Waals surface area contributed by atoms with Gasteiger partial charge in [0.15, 0.2) is 0 Å². The third kappa shape index (κ3) is 4.17. The molecule has 2 aliphatic heterocycles. The lowest BCUT2D eigenvalue weighted by molar-refractivity contribution is -0.138. The second-order valence-corrected chi connectivity index (χ2v) is 6.34. The summed E-state index contributed by atoms with van der Waals surface area (Å²) in [7, 11) is 0. The summed E-state index contributed by atoms with van der Waals surface area (Å²) >= 11 is 0. The monoisotopic (exact) mass is 296 g/mol. The molecule has 0 radical (unpaired) electrons. The van der Waals surface area contributed by atoms with E-state index in [1.54, 1.807) is 0 Å². The van der Waals surface area contributed by atoms with Crippen LogP contribution in [-0.2, 0) is 9.59 Å². The Morgan fingerprint density at radius 3 is 2.05 bits per heavy atom. The lowest BCUT2D eigenvalue weighted by Gasteiger charge is -2.36. The molecule has 2 aliphatic rings. The number of hydrogen-bond acceptors (Lipinski definition) is 4. The third-order valence-electron chi connectivity index (χ3n) is 4.68. The van der Waals surface area contributed by atoms with Crippen LogP contribution >= 0.6 is 0 Å². The Morgan fingerprint density at radius 1 is 0.952 bits per heavy atom. The number of likely N-dealkylation sites (tertiary alicyclic amines) is 1. The molecular weight excluding hydrogens is 268 g/mol. The van der Waals surface area contributed by atoms with E-state index in [-0.39, 0.29) is 23.8 Å². The van der Waals surface area contributed by atoms with Gasteiger partial charge in [-0.2, -0.15) is 0 Å². The lowest BCUT2D eigenvalue weighted by Crippen LogP contribution is -2.53. The summed E-state index contributed by atoms with van der Waals surface area (Å²) in [5, 5.41) is 0. The Hall–Kier alpha value is -1.14. The fraction of sp³-hybridized carbons (Fsp3) is 0.867. The molecule has 2 heterocycles. The maximum Gasteiger partial charge on any atom is 0.236 e. The molecule has 2 fully saturated rings. The van der Waals surface area contributed by atoms with Crippen molar-refractivity contribution >= 4 is 11.8 Å². The molecule has 120 valence electrons. The molecule has 2 amide bonds. The molecule has 0 bridgehead atoms. The van der Waals surface area contributed by atoms with Crippen LogP contribution in [0.15, 0.2) is 0 Å². The Balaban J connectivity index is 1.75. The maximum absolute atomic E-state index is 12.2. The Labute approximate surface area is 127 Å². The zero-order chi connectivity index (χ0) is 15.4. The van der Waals surface area contributed by atoms with E-state index in [1.165, 1.54) is 0 Å². The number of carbonyl (C=O) groups is 2. The highest BCUT2D eigenvalue weighted by Gasteiger charge is 2.28. The minimum atomic E-state index is -0.136. The van der Waals surface area contributed by atoms with Crippen molar-refractivity contribution in [3.8, 4) is 0 Å². The topological polar surface area (TPSA) is 69.9 Å². The largest absolute Gasteiger partial charge is 0.342 e. The molecule has 2 N–H and O–H groups in total. The Bertz CT molecular complexity index is 372. The number of hydrogen-bond donors (Lipinski definition) is 1. The normalized spacial score (nSPS) is 23.2. The van der Waals surface area contributed by atoms with Crippen molar-refractivity contribution in [2.75, 3.05) is 45.8 Å². The Morgan fingerprint density at radius 2 is 1.52 bits per heavy atom. The number of carbonyl (C=O) groups excluding carboxylic acids is 2. The second kappa shape index (κ2) is 7.22. The average molecular weight is 296 g/mol. The summed E-state index contributed by atoms with van der Waals surface area (Å²) in [5.74, 6) is 0.231. The van der Waals surface area contributed by atoms with Crippen molar-refractivity contribution < 1.29 is 9.59 Å². The van der Waals surface area contributed by atoms with Crippen molar-refractivity contribution in [2.24, 2.45) is 11.7 Å². The van der Waals surface area contributed by atoms with Gasteiger partial charge in [0, 0.05) is 45.3 Å². The van der Waals surface area contributed by atoms with Crippen molar-refractivity contribution in [1.29, 1.82) is 0 Å². The quantitative estimate of drug-likeness (QED) is 0.776. The first-order chi connectivity index (χ1) is 9.99. The predicted octanol–water partition coefficient (Wildman–Crippen LogP) is -0.264. The van der Waals surface area contributed by atoms with Crippen molar-refractivity contribution in [2.45, 2.75) is 32.7 Å². The fourth-order valence-electron chi connectivity index (χ4n) is 2.90. The highest BCUT2D eigenvalue weighted by atomic mass is 16.2. The van der Waals surface area contributed by atoms with Gasteiger partial charge in [-0.15, -0.1) is 0 Å². The van der Waals surface area contributed by atoms with Crippen LogP contribution < -0.4 is 5.73 Å². The van der Waals surface area contributed by atoms with Crippen LogP contribution in [-0.4, -0.2) is 78.4 Å². The van der Waals surface area contributed by atoms with Gasteiger partial charge in [0.1, 0.15) is 0 Å². The van der Waals surface area contributed by atoms with Gasteiger partial charge >= 0.3 is 0 Å². The van der Waals surface area contributed by atoms with Crippen LogP contribution in [0.3, 0.4) is 0 Å². The average Bonchev–Trinajstić information content (AvgIpc) is 3.00. The minimum Gasteiger partial charge on any atom is -0.342 e. The lowest BCUT2D eigenvalue weighted by atomic mass is 10.0. The van der Waals surface area contributed by atoms with Gasteiger partial charge in [0.25, 0.3) is 0 Å². The van der Waals surface area contributed by atoms with Gasteiger partial charge in [0.2, 0.25) is 11.8 Å². The molecule has 21 heavy (non-hydrogen) atoms. The highest BCUT2D eigenvalue weighted by molar-refractivity contribution is 5.80. The third-order valence-corrected chi connectivity index (χ3v) is 4.68. The van der Waals surface area contributed by atoms with Crippen LogP contribution in [0.1, 0.15) is 26.7 Å². The summed E-state index contributed by atoms with van der Waals surface area (Å²) in [5.41, 5.74) is 5.80. The molecular formula is C15H28N4O2. The van der Waals surface area contributed by atoms with Crippen LogP contribution in [0.2, 0.25) is 0 Å². The maximum atomic E-state index is 12.2. The number of nitrogens with zero attached hydrogens (tertiary/aromatic N) is 3. The molecule has 0 aromatic heterocycles. The molecule has 6 heteroatoms. The summed E-state index contributed by atoms with van der Waals surface area (Å²) in [6.45, 7) is 9.00. The van der Waals surface area contributed by atoms with E-state index in [4.69, 9.17) is 5.73 Å². The number of piperazine rings is 1. The molecule has 2 saturated heterocycles. The first-order valence-electron chi connectivity index (χ1n) is 8.03. The van der Waals surface area contributed by atoms with Crippen LogP contribution in [0.25, 0.3) is 0 Å². The van der Waals surface area contributed by atoms with E-state index >= 15 is 0 Å². The number of nitrogens with two attached hydrogens (primary N) is 1. The van der Waals surface area contributed by atoms with E-state index in [0.717, 1.165) is 39.0 Å². The molecule has 0 spiro atoms. The molecule has 2 atom stereocenters. The standard InChI is InChI=1S/C15H28N4O2/c1-12(13(2)16)15(21)19-9-7-17(8-10-19)11-14(20)18-5-3-4-6-18/h12-13H,3-11,16H2,1-2H3. The van der Waals surface area contributed by atoms with Gasteiger partial charge in [-0.1, -0.05) is 6.92 Å². The molecule has 2 rings (SSSR count). The molecule has 0 aliphatic carbocycles. The van der Waals surface area contributed by atoms with E-state index in [9.17, 15) is 9.59 Å². The zero-order valence-corrected chi connectivity index (χ0v) is 13.3. The molecule has 6 nitrogen and oxygen atoms in total. The first kappa shape index (κ1) is 16.2. The summed E-state index contributed by atoms with van der Waals surface area (Å²) in [4.78, 5) is 30.3. The van der Waals surface area contributed by atoms with Crippen molar-refractivity contribution in [1.82, 2.24) is 14.7 Å². The van der Waals surface area contributed by atoms with Gasteiger partial charge in [-0.05, 0) is 19.8 Å². The zero-order valence-electron chi connectivity index (χ0n) is 13.3. The molecule has 0 saturated carbocycles. The number of rotatable bonds is 4. The van der Waals surface area contributed by atoms with Gasteiger partial charge in [-0.3, -0.25) is 14.5 Å². The summed E-state index contributed by atoms with van der Waals surface area (Å²) in [6.07, 6.45) is 2.26. The van der Waals surface area contributed by atoms with E-state index < -0.39 is 0 Å². The smallest absolute Gasteiger partial charge is 0.236 e. The van der Waals surface area contributed by atoms with Gasteiger partial charge in [0.05, 0.1) is 12.5 Å². The Kier molecular flexibility index (Phi) is 5.58. The predicted molar refractivity (Wildman–Crippen MR) is 81.6 cm³/mol. The summed E-state index contributed by atoms with van der Waals surface area (Å²) in [6, 6.07) is -0.118. The van der Waals surface area contributed by atoms with E-state index in [1.807, 2.05) is 23.6 Å². The fourth-order valence-corrected chi connectivity index (χ4v) is 2.90. The number of amides is 2. The van der Waals surface area contributed by atoms with Crippen molar-refractivity contribution in [3.63, 3.8) is 0 Å². The summed E-state index contributed by atoms with van der Waals surface area (Å²) < 4.78 is 0. The molecule has 0 aromatic carbocycles. The molecule has 0 aromatic rings. The van der Waals surface area contributed by atoms with E-state index in [0.29, 0.717) is 19.6 Å². The van der Waals surface area contributed by atoms with Crippen molar-refractivity contribution in [3.05, 3.63) is 0 Å². The van der Waals surface area contributed by atoms with Crippen LogP contribution in [0.5, 0.6) is 0 Å². The van der Waals surface area contributed by atoms with Gasteiger partial charge < -0.3 is 15.5 Å². The molecule has 2 unspecified atom stereocenters. The van der Waals surface area contributed by atoms with Gasteiger partial charge in [-0.25, -0.2) is 0 Å². The van der Waals surface area contributed by atoms with Crippen LogP contribution in [0.4, 0.5) is 0 Å². The highest BCUT2D eigenvalue weighted by Crippen LogP contribution is 2.11. The second-order valence-electron chi connectivity index (χ2n) is 6.34. The minimum absolute atomic E-state index is 0.118. The first-order valence-corrected chi connectivity index (χ1v) is 8.03. The van der Waals surface area contributed by atoms with Crippen LogP contribution in [0, 0.1) is 5.92 Å². The SMILES string of the molecule is CC(N)C(C)C(=O)N1CCN(CC(=O)N2CCCC2)CC1. The van der Waals surface area contributed by atoms with E-state index in [2.05, 4.69) is 4.90 Å².